The minimum absolute atomic E-state index is 0.00901. The summed E-state index contributed by atoms with van der Waals surface area (Å²) in [6, 6.07) is 1.10. The summed E-state index contributed by atoms with van der Waals surface area (Å²) in [6.45, 7) is 35.9. The fraction of sp³-hybridized carbons (Fsp3) is 1.00. The van der Waals surface area contributed by atoms with Crippen LogP contribution >= 0.6 is 0 Å². The molecular weight excluding hydrogens is 877 g/mol. The van der Waals surface area contributed by atoms with Crippen molar-refractivity contribution in [1.82, 2.24) is 0 Å². The Labute approximate surface area is 403 Å². The highest BCUT2D eigenvalue weighted by Gasteiger charge is 2.64. The molecule has 0 radical (unpaired) electrons. The van der Waals surface area contributed by atoms with E-state index in [9.17, 15) is 5.11 Å². The van der Waals surface area contributed by atoms with Crippen molar-refractivity contribution in [3.63, 3.8) is 0 Å². The molecular formula is C51H98O13Si2. The van der Waals surface area contributed by atoms with Crippen LogP contribution in [0.15, 0.2) is 0 Å². The number of aliphatic hydroxyl groups is 1. The summed E-state index contributed by atoms with van der Waals surface area (Å²) in [6.07, 6.45) is 4.51. The van der Waals surface area contributed by atoms with E-state index in [0.717, 1.165) is 38.1 Å². The Morgan fingerprint density at radius 2 is 1.56 bits per heavy atom. The minimum atomic E-state index is -1.96. The monoisotopic (exact) mass is 975 g/mol. The second-order valence-electron chi connectivity index (χ2n) is 24.4. The Balaban J connectivity index is 1.29. The van der Waals surface area contributed by atoms with Crippen LogP contribution in [0.5, 0.6) is 0 Å². The van der Waals surface area contributed by atoms with Gasteiger partial charge in [0, 0.05) is 79.1 Å². The minimum Gasteiger partial charge on any atom is -0.416 e. The normalized spacial score (nSPS) is 40.6. The van der Waals surface area contributed by atoms with Crippen LogP contribution in [0.3, 0.4) is 0 Å². The van der Waals surface area contributed by atoms with Gasteiger partial charge in [0.05, 0.1) is 54.9 Å². The number of hydrogen-bond donors (Lipinski definition) is 1. The molecule has 5 aliphatic rings. The van der Waals surface area contributed by atoms with Crippen LogP contribution < -0.4 is 0 Å². The SMILES string of the molecule is CC[C@@]1([C@@H]2O[C@@H]([C@H]3O[C@](COCOCC[Si](C)(C)C)(OC)[C@H](C)C[C@@H]3C)C[C@@H]2C)CC[C@H]([C@@]2(CO)CC[C@]3(C[C@H](OCOC)[C@@H](C)[C@@H]([C@@H](C)[C@@H](OC)[C@H](C)CO[Si](C)(C)C(C)(C)C)O3)O2)O1. The summed E-state index contributed by atoms with van der Waals surface area (Å²) in [7, 11) is 2.02. The first-order valence-corrected chi connectivity index (χ1v) is 32.4. The molecule has 5 fully saturated rings. The van der Waals surface area contributed by atoms with E-state index < -0.39 is 39.2 Å². The summed E-state index contributed by atoms with van der Waals surface area (Å²) in [5, 5.41) is 11.5. The Morgan fingerprint density at radius 1 is 0.848 bits per heavy atom. The lowest BCUT2D eigenvalue weighted by atomic mass is 9.78. The van der Waals surface area contributed by atoms with E-state index in [2.05, 4.69) is 102 Å². The molecule has 15 heteroatoms. The van der Waals surface area contributed by atoms with Crippen molar-refractivity contribution in [2.45, 2.75) is 230 Å². The van der Waals surface area contributed by atoms with Crippen LogP contribution in [0.1, 0.15) is 121 Å². The smallest absolute Gasteiger partial charge is 0.194 e. The van der Waals surface area contributed by atoms with Gasteiger partial charge in [0.1, 0.15) is 25.8 Å². The number of rotatable bonds is 23. The average molecular weight is 976 g/mol. The molecule has 0 saturated carbocycles. The topological polar surface area (TPSA) is 131 Å². The van der Waals surface area contributed by atoms with Crippen LogP contribution in [0, 0.1) is 35.5 Å². The molecule has 1 spiro atoms. The van der Waals surface area contributed by atoms with Gasteiger partial charge in [-0.3, -0.25) is 0 Å². The van der Waals surface area contributed by atoms with Crippen molar-refractivity contribution in [3.05, 3.63) is 0 Å². The third kappa shape index (κ3) is 12.6. The van der Waals surface area contributed by atoms with Gasteiger partial charge in [-0.05, 0) is 74.5 Å². The molecule has 5 heterocycles. The third-order valence-electron chi connectivity index (χ3n) is 17.2. The molecule has 17 atom stereocenters. The van der Waals surface area contributed by atoms with Crippen molar-refractivity contribution in [2.24, 2.45) is 35.5 Å². The van der Waals surface area contributed by atoms with Gasteiger partial charge in [0.15, 0.2) is 19.9 Å². The lowest BCUT2D eigenvalue weighted by Crippen LogP contribution is -2.58. The Morgan fingerprint density at radius 3 is 2.17 bits per heavy atom. The first-order chi connectivity index (χ1) is 30.8. The Kier molecular flexibility index (Phi) is 19.6. The van der Waals surface area contributed by atoms with E-state index in [1.54, 1.807) is 21.3 Å². The molecule has 1 N–H and O–H groups in total. The molecule has 0 bridgehead atoms. The maximum absolute atomic E-state index is 11.4. The molecule has 0 amide bonds. The molecule has 0 aliphatic carbocycles. The molecule has 66 heavy (non-hydrogen) atoms. The van der Waals surface area contributed by atoms with E-state index in [1.807, 2.05) is 0 Å². The lowest BCUT2D eigenvalue weighted by Gasteiger charge is -2.50. The quantitative estimate of drug-likeness (QED) is 0.0593. The first kappa shape index (κ1) is 56.8. The fourth-order valence-corrected chi connectivity index (χ4v) is 13.8. The number of ether oxygens (including phenoxy) is 11. The van der Waals surface area contributed by atoms with Crippen molar-refractivity contribution in [2.75, 3.05) is 61.3 Å². The highest BCUT2D eigenvalue weighted by Crippen LogP contribution is 2.55. The summed E-state index contributed by atoms with van der Waals surface area (Å²) in [5.74, 6) is -1.10. The molecule has 5 aliphatic heterocycles. The van der Waals surface area contributed by atoms with Gasteiger partial charge < -0.3 is 61.6 Å². The zero-order chi connectivity index (χ0) is 49.1. The number of aliphatic hydroxyl groups excluding tert-OH is 1. The number of hydrogen-bond acceptors (Lipinski definition) is 13. The van der Waals surface area contributed by atoms with Crippen molar-refractivity contribution < 1.29 is 61.6 Å². The standard InChI is InChI=1S/C51H98O13Si2/c1-19-48(46-35(3)27-40(60-46)44-34(2)26-37(5)51(55-13,63-44)31-57-33-56-24-25-65(14,15)16)21-20-42(61-48)49(30-52)22-23-50(64-49)28-41(58-32-53-11)38(6)45(62-50)39(7)43(54-12)36(4)29-59-66(17,18)47(8,9)10/h34-46,52H,19-33H2,1-18H3/t34-,35-,36+,37+,38+,39-,40+,41-,42+,43-,44-,45-,46+,48-,49-,50+,51-/m0/s1. The third-order valence-corrected chi connectivity index (χ3v) is 23.4. The van der Waals surface area contributed by atoms with Gasteiger partial charge in [0.2, 0.25) is 0 Å². The van der Waals surface area contributed by atoms with E-state index in [0.29, 0.717) is 39.1 Å². The lowest BCUT2D eigenvalue weighted by molar-refractivity contribution is -0.348. The molecule has 0 aromatic rings. The van der Waals surface area contributed by atoms with Crippen LogP contribution in [0.4, 0.5) is 0 Å². The van der Waals surface area contributed by atoms with E-state index in [4.69, 9.17) is 56.5 Å². The van der Waals surface area contributed by atoms with Crippen molar-refractivity contribution in [3.8, 4) is 0 Å². The first-order valence-electron chi connectivity index (χ1n) is 25.8. The molecule has 0 unspecified atom stereocenters. The van der Waals surface area contributed by atoms with Gasteiger partial charge in [0.25, 0.3) is 0 Å². The predicted molar refractivity (Wildman–Crippen MR) is 263 cm³/mol. The van der Waals surface area contributed by atoms with Gasteiger partial charge >= 0.3 is 0 Å². The van der Waals surface area contributed by atoms with E-state index in [1.165, 1.54) is 0 Å². The van der Waals surface area contributed by atoms with Crippen molar-refractivity contribution in [1.29, 1.82) is 0 Å². The Bertz CT molecular complexity index is 1500. The van der Waals surface area contributed by atoms with Gasteiger partial charge in [-0.2, -0.15) is 0 Å². The fourth-order valence-electron chi connectivity index (χ4n) is 11.9. The zero-order valence-corrected chi connectivity index (χ0v) is 47.0. The van der Waals surface area contributed by atoms with Gasteiger partial charge in [-0.25, -0.2) is 0 Å². The average Bonchev–Trinajstić information content (AvgIpc) is 3.98. The molecule has 5 rings (SSSR count). The molecule has 388 valence electrons. The summed E-state index contributed by atoms with van der Waals surface area (Å²) in [4.78, 5) is 0. The molecule has 13 nitrogen and oxygen atoms in total. The van der Waals surface area contributed by atoms with Crippen molar-refractivity contribution >= 4 is 16.4 Å². The van der Waals surface area contributed by atoms with Gasteiger partial charge in [-0.1, -0.05) is 88.9 Å². The molecule has 5 saturated heterocycles. The summed E-state index contributed by atoms with van der Waals surface area (Å²) in [5.41, 5.74) is -1.49. The van der Waals surface area contributed by atoms with Gasteiger partial charge in [-0.15, -0.1) is 0 Å². The molecule has 0 aromatic heterocycles. The number of methoxy groups -OCH3 is 3. The highest BCUT2D eigenvalue weighted by atomic mass is 28.4. The predicted octanol–water partition coefficient (Wildman–Crippen LogP) is 9.80. The van der Waals surface area contributed by atoms with E-state index in [-0.39, 0.29) is 103 Å². The second kappa shape index (κ2) is 22.8. The second-order valence-corrected chi connectivity index (χ2v) is 34.8. The Hall–Kier alpha value is -0.0862. The maximum atomic E-state index is 11.4. The van der Waals surface area contributed by atoms with E-state index >= 15 is 0 Å². The summed E-state index contributed by atoms with van der Waals surface area (Å²) >= 11 is 0. The maximum Gasteiger partial charge on any atom is 0.194 e. The zero-order valence-electron chi connectivity index (χ0n) is 45.0. The summed E-state index contributed by atoms with van der Waals surface area (Å²) < 4.78 is 79.0. The molecule has 0 aromatic carbocycles. The van der Waals surface area contributed by atoms with Crippen LogP contribution in [-0.2, 0) is 56.5 Å². The van der Waals surface area contributed by atoms with Crippen LogP contribution in [-0.4, -0.2) is 148 Å². The largest absolute Gasteiger partial charge is 0.416 e. The van der Waals surface area contributed by atoms with Crippen LogP contribution in [0.25, 0.3) is 0 Å². The highest BCUT2D eigenvalue weighted by molar-refractivity contribution is 6.76. The van der Waals surface area contributed by atoms with Crippen LogP contribution in [0.2, 0.25) is 43.8 Å².